The van der Waals surface area contributed by atoms with Crippen LogP contribution >= 0.6 is 37.2 Å². The summed E-state index contributed by atoms with van der Waals surface area (Å²) < 4.78 is 15.0. The van der Waals surface area contributed by atoms with Gasteiger partial charge in [0, 0.05) is 0 Å². The van der Waals surface area contributed by atoms with Crippen LogP contribution in [0.4, 0.5) is 0 Å². The van der Waals surface area contributed by atoms with E-state index >= 15 is 0 Å². The predicted octanol–water partition coefficient (Wildman–Crippen LogP) is 6.93. The molecule has 0 amide bonds. The zero-order valence-electron chi connectivity index (χ0n) is 20.1. The molecule has 0 saturated heterocycles. The van der Waals surface area contributed by atoms with Crippen LogP contribution in [-0.2, 0) is 26.5 Å². The minimum absolute atomic E-state index is 0.104. The third kappa shape index (κ3) is 21.8. The van der Waals surface area contributed by atoms with Crippen LogP contribution < -0.4 is 15.9 Å². The number of halogens is 1. The van der Waals surface area contributed by atoms with Crippen molar-refractivity contribution in [2.45, 2.75) is 0 Å². The monoisotopic (exact) mass is 736 g/mol. The zero-order valence-corrected chi connectivity index (χ0v) is 27.1. The van der Waals surface area contributed by atoms with Gasteiger partial charge in [-0.05, 0) is 55.9 Å². The van der Waals surface area contributed by atoms with Crippen molar-refractivity contribution < 1.29 is 26.5 Å². The number of hydrogen-bond donors (Lipinski definition) is 0. The van der Waals surface area contributed by atoms with Gasteiger partial charge in [-0.25, -0.2) is 0 Å². The van der Waals surface area contributed by atoms with Gasteiger partial charge < -0.3 is 0 Å². The Kier molecular flexibility index (Phi) is 31.3. The van der Waals surface area contributed by atoms with Crippen molar-refractivity contribution in [2.75, 3.05) is 40.0 Å². The fraction of sp³-hybridized carbons (Fsp3) is 0.231. The molecule has 3 rings (SSSR count). The molecule has 0 aliphatic rings. The summed E-state index contributed by atoms with van der Waals surface area (Å²) in [6, 6.07) is 31.9. The third-order valence-corrected chi connectivity index (χ3v) is 7.81. The van der Waals surface area contributed by atoms with E-state index in [4.69, 9.17) is 9.30 Å². The van der Waals surface area contributed by atoms with Crippen molar-refractivity contribution in [1.82, 2.24) is 0 Å². The van der Waals surface area contributed by atoms with E-state index in [1.54, 1.807) is 0 Å². The van der Waals surface area contributed by atoms with Gasteiger partial charge in [0.25, 0.3) is 0 Å². The average Bonchev–Trinajstić information content (AvgIpc) is 2.90. The fourth-order valence-corrected chi connectivity index (χ4v) is 4.48. The van der Waals surface area contributed by atoms with Crippen LogP contribution in [0.15, 0.2) is 91.0 Å². The maximum atomic E-state index is 7.50. The Morgan fingerprint density at radius 1 is 0.455 bits per heavy atom. The summed E-state index contributed by atoms with van der Waals surface area (Å²) >= 11 is 4.53. The molecule has 0 aromatic heterocycles. The Morgan fingerprint density at radius 2 is 0.606 bits per heavy atom. The van der Waals surface area contributed by atoms with Crippen molar-refractivity contribution in [3.05, 3.63) is 104 Å². The maximum absolute atomic E-state index is 7.50. The molecule has 178 valence electrons. The van der Waals surface area contributed by atoms with Crippen molar-refractivity contribution in [2.24, 2.45) is 0 Å². The third-order valence-electron chi connectivity index (χ3n) is 3.82. The molecular formula is C26H33BrO2P3Re. The van der Waals surface area contributed by atoms with E-state index in [0.29, 0.717) is 0 Å². The van der Waals surface area contributed by atoms with Crippen molar-refractivity contribution in [3.8, 4) is 0 Å². The summed E-state index contributed by atoms with van der Waals surface area (Å²) in [4.78, 5) is 0. The molecule has 0 heterocycles. The number of rotatable bonds is 3. The first kappa shape index (κ1) is 37.1. The van der Waals surface area contributed by atoms with Crippen LogP contribution in [0.3, 0.4) is 0 Å². The van der Waals surface area contributed by atoms with E-state index in [1.807, 2.05) is 0 Å². The minimum atomic E-state index is 0.104. The fourth-order valence-electron chi connectivity index (χ4n) is 2.18. The molecule has 0 aliphatic heterocycles. The normalized spacial score (nSPS) is 8.58. The van der Waals surface area contributed by atoms with Gasteiger partial charge >= 0.3 is 53.2 Å². The van der Waals surface area contributed by atoms with Crippen LogP contribution in [0.5, 0.6) is 0 Å². The second kappa shape index (κ2) is 27.8. The summed E-state index contributed by atoms with van der Waals surface area (Å²) in [5, 5.41) is 4.44. The van der Waals surface area contributed by atoms with Gasteiger partial charge in [0.05, 0.1) is 0 Å². The van der Waals surface area contributed by atoms with Crippen LogP contribution in [0.25, 0.3) is 0 Å². The molecule has 3 aromatic carbocycles. The van der Waals surface area contributed by atoms with E-state index in [9.17, 15) is 0 Å². The van der Waals surface area contributed by atoms with Crippen LogP contribution in [0.1, 0.15) is 0 Å². The summed E-state index contributed by atoms with van der Waals surface area (Å²) in [5.74, 6) is 0. The Morgan fingerprint density at radius 3 is 0.697 bits per heavy atom. The summed E-state index contributed by atoms with van der Waals surface area (Å²) in [5.41, 5.74) is 0. The van der Waals surface area contributed by atoms with Crippen LogP contribution in [0.2, 0.25) is 0 Å². The Labute approximate surface area is 222 Å². The second-order valence-electron chi connectivity index (χ2n) is 6.69. The molecule has 3 aromatic rings. The number of benzene rings is 3. The Hall–Kier alpha value is -0.428. The zero-order chi connectivity index (χ0) is 26.1. The average molecular weight is 737 g/mol. The summed E-state index contributed by atoms with van der Waals surface area (Å²) in [6.45, 7) is 22.6. The summed E-state index contributed by atoms with van der Waals surface area (Å²) in [6.07, 6.45) is 0. The first-order chi connectivity index (χ1) is 15.9. The van der Waals surface area contributed by atoms with Gasteiger partial charge in [-0.3, -0.25) is 0 Å². The van der Waals surface area contributed by atoms with Gasteiger partial charge in [0.1, 0.15) is 0 Å². The molecule has 0 radical (unpaired) electrons. The molecule has 0 bridgehead atoms. The van der Waals surface area contributed by atoms with E-state index in [0.717, 1.165) is 0 Å². The van der Waals surface area contributed by atoms with Crippen molar-refractivity contribution in [1.29, 1.82) is 0 Å². The molecule has 0 N–H and O–H groups in total. The molecule has 0 aliphatic carbocycles. The van der Waals surface area contributed by atoms with Crippen LogP contribution in [0, 0.1) is 13.3 Å². The molecule has 0 saturated carbocycles. The van der Waals surface area contributed by atoms with Crippen molar-refractivity contribution >= 4 is 53.1 Å². The molecular weight excluding hydrogens is 703 g/mol. The van der Waals surface area contributed by atoms with E-state index < -0.39 is 0 Å². The molecule has 2 nitrogen and oxygen atoms in total. The molecule has 0 atom stereocenters. The first-order valence-electron chi connectivity index (χ1n) is 9.64. The molecule has 33 heavy (non-hydrogen) atoms. The van der Waals surface area contributed by atoms with Gasteiger partial charge in [-0.15, -0.1) is 0 Å². The molecule has 0 unspecified atom stereocenters. The topological polar surface area (TPSA) is 39.8 Å². The SMILES string of the molecule is CP(C)c1ccccc1.CP(C)c1ccccc1.CP(C)c1ccccc1.[Br][Re].[C-]#[O+].[C-]#[O+]. The Bertz CT molecular complexity index is 704. The van der Waals surface area contributed by atoms with Gasteiger partial charge in [0.2, 0.25) is 0 Å². The van der Waals surface area contributed by atoms with Crippen LogP contribution in [-0.4, -0.2) is 40.0 Å². The molecule has 7 heteroatoms. The van der Waals surface area contributed by atoms with Crippen molar-refractivity contribution in [3.63, 3.8) is 0 Å². The summed E-state index contributed by atoms with van der Waals surface area (Å²) in [7, 11) is 0.313. The quantitative estimate of drug-likeness (QED) is 0.159. The standard InChI is InChI=1S/3C8H11P.2CO.BrH.Re/c3*1-9(2)8-6-4-3-5-7-8;2*1-2;;/h3*3-7H,1-2H3;;;1H;/q;;;;;;+1/p-1. The van der Waals surface area contributed by atoms with E-state index in [1.165, 1.54) is 33.1 Å². The van der Waals surface area contributed by atoms with Gasteiger partial charge in [-0.1, -0.05) is 115 Å². The Balaban J connectivity index is -0.000000367. The van der Waals surface area contributed by atoms with E-state index in [-0.39, 0.29) is 23.8 Å². The number of hydrogen-bond acceptors (Lipinski definition) is 0. The van der Waals surface area contributed by atoms with E-state index in [2.05, 4.69) is 158 Å². The second-order valence-corrected chi connectivity index (χ2v) is 13.6. The van der Waals surface area contributed by atoms with Gasteiger partial charge in [0.15, 0.2) is 0 Å². The molecule has 0 fully saturated rings. The predicted molar refractivity (Wildman–Crippen MR) is 151 cm³/mol. The van der Waals surface area contributed by atoms with Gasteiger partial charge in [-0.2, -0.15) is 0 Å². The first-order valence-corrected chi connectivity index (χ1v) is 22.3. The molecule has 0 spiro atoms.